The maximum Gasteiger partial charge on any atom is 0.326 e. The van der Waals surface area contributed by atoms with Gasteiger partial charge in [-0.3, -0.25) is 4.57 Å². The molecular weight excluding hydrogens is 371 g/mol. The normalized spacial score (nSPS) is 11.0. The minimum absolute atomic E-state index is 0.190. The minimum Gasteiger partial charge on any atom is -0.493 e. The molecule has 6 heteroatoms. The maximum absolute atomic E-state index is 13.2. The molecule has 0 saturated carbocycles. The zero-order chi connectivity index (χ0) is 20.4. The van der Waals surface area contributed by atoms with Crippen molar-refractivity contribution in [2.75, 3.05) is 13.7 Å². The summed E-state index contributed by atoms with van der Waals surface area (Å²) in [6.45, 7) is 2.84. The molecule has 1 heterocycles. The molecule has 0 aliphatic rings. The Morgan fingerprint density at radius 2 is 1.72 bits per heavy atom. The fourth-order valence-corrected chi connectivity index (χ4v) is 3.41. The number of rotatable bonds is 6. The van der Waals surface area contributed by atoms with Gasteiger partial charge in [-0.25, -0.2) is 9.18 Å². The van der Waals surface area contributed by atoms with E-state index in [-0.39, 0.29) is 11.5 Å². The van der Waals surface area contributed by atoms with Gasteiger partial charge in [0.1, 0.15) is 5.82 Å². The Morgan fingerprint density at radius 1 is 0.966 bits per heavy atom. The number of H-pyrrole nitrogens is 1. The summed E-state index contributed by atoms with van der Waals surface area (Å²) in [7, 11) is 1.60. The molecule has 1 N–H and O–H groups in total. The van der Waals surface area contributed by atoms with Crippen LogP contribution in [-0.4, -0.2) is 23.3 Å². The second-order valence-electron chi connectivity index (χ2n) is 6.67. The van der Waals surface area contributed by atoms with E-state index in [1.807, 2.05) is 43.3 Å². The molecule has 0 atom stereocenters. The van der Waals surface area contributed by atoms with Gasteiger partial charge in [-0.05, 0) is 60.0 Å². The van der Waals surface area contributed by atoms with Gasteiger partial charge in [0, 0.05) is 0 Å². The molecule has 1 aromatic heterocycles. The maximum atomic E-state index is 13.2. The van der Waals surface area contributed by atoms with Crippen LogP contribution in [0, 0.1) is 5.82 Å². The fraction of sp³-hybridized carbons (Fsp3) is 0.174. The van der Waals surface area contributed by atoms with Crippen LogP contribution in [0.4, 0.5) is 4.39 Å². The summed E-state index contributed by atoms with van der Waals surface area (Å²) in [6, 6.07) is 17.7. The van der Waals surface area contributed by atoms with E-state index in [4.69, 9.17) is 9.47 Å². The first-order chi connectivity index (χ1) is 14.1. The number of halogens is 1. The van der Waals surface area contributed by atoms with Gasteiger partial charge in [-0.2, -0.15) is 0 Å². The van der Waals surface area contributed by atoms with E-state index in [0.29, 0.717) is 24.7 Å². The van der Waals surface area contributed by atoms with Crippen LogP contribution in [-0.2, 0) is 6.54 Å². The predicted molar refractivity (Wildman–Crippen MR) is 111 cm³/mol. The Balaban J connectivity index is 1.70. The zero-order valence-corrected chi connectivity index (χ0v) is 16.2. The Kier molecular flexibility index (Phi) is 5.08. The van der Waals surface area contributed by atoms with Crippen molar-refractivity contribution in [1.29, 1.82) is 0 Å². The first kappa shape index (κ1) is 18.8. The molecule has 0 unspecified atom stereocenters. The van der Waals surface area contributed by atoms with Crippen LogP contribution >= 0.6 is 0 Å². The van der Waals surface area contributed by atoms with E-state index in [2.05, 4.69) is 4.98 Å². The number of benzene rings is 3. The molecule has 0 saturated heterocycles. The Morgan fingerprint density at radius 3 is 2.45 bits per heavy atom. The molecule has 29 heavy (non-hydrogen) atoms. The number of aromatic nitrogens is 2. The standard InChI is InChI=1S/C23H21FN2O3/c1-3-29-22-12-15(4-11-21(22)28-2)14-26-20-10-7-17(13-19(20)25-23(26)27)16-5-8-18(24)9-6-16/h4-13H,3,14H2,1-2H3,(H,25,27). The van der Waals surface area contributed by atoms with Crippen molar-refractivity contribution in [3.05, 3.63) is 82.5 Å². The number of aromatic amines is 1. The van der Waals surface area contributed by atoms with E-state index in [0.717, 1.165) is 27.7 Å². The van der Waals surface area contributed by atoms with Crippen molar-refractivity contribution < 1.29 is 13.9 Å². The number of hydrogen-bond donors (Lipinski definition) is 1. The average Bonchev–Trinajstić information content (AvgIpc) is 3.03. The number of nitrogens with one attached hydrogen (secondary N) is 1. The molecule has 0 radical (unpaired) electrons. The van der Waals surface area contributed by atoms with E-state index in [1.54, 1.807) is 23.8 Å². The van der Waals surface area contributed by atoms with Crippen molar-refractivity contribution in [3.8, 4) is 22.6 Å². The zero-order valence-electron chi connectivity index (χ0n) is 16.2. The third-order valence-corrected chi connectivity index (χ3v) is 4.82. The van der Waals surface area contributed by atoms with Crippen LogP contribution in [0.2, 0.25) is 0 Å². The van der Waals surface area contributed by atoms with Gasteiger partial charge in [0.25, 0.3) is 0 Å². The second-order valence-corrected chi connectivity index (χ2v) is 6.67. The van der Waals surface area contributed by atoms with Gasteiger partial charge < -0.3 is 14.5 Å². The van der Waals surface area contributed by atoms with Gasteiger partial charge in [0.2, 0.25) is 0 Å². The van der Waals surface area contributed by atoms with Gasteiger partial charge in [0.15, 0.2) is 11.5 Å². The lowest BCUT2D eigenvalue weighted by atomic mass is 10.1. The highest BCUT2D eigenvalue weighted by molar-refractivity contribution is 5.82. The summed E-state index contributed by atoms with van der Waals surface area (Å²) in [5.74, 6) is 1.03. The van der Waals surface area contributed by atoms with Crippen molar-refractivity contribution in [2.45, 2.75) is 13.5 Å². The van der Waals surface area contributed by atoms with E-state index >= 15 is 0 Å². The van der Waals surface area contributed by atoms with Crippen LogP contribution < -0.4 is 15.2 Å². The molecule has 0 spiro atoms. The predicted octanol–water partition coefficient (Wildman–Crippen LogP) is 4.59. The number of fused-ring (bicyclic) bond motifs is 1. The SMILES string of the molecule is CCOc1cc(Cn2c(=O)[nH]c3cc(-c4ccc(F)cc4)ccc32)ccc1OC. The molecule has 0 aliphatic heterocycles. The summed E-state index contributed by atoms with van der Waals surface area (Å²) in [4.78, 5) is 15.5. The molecule has 0 amide bonds. The lowest BCUT2D eigenvalue weighted by Crippen LogP contribution is -2.17. The van der Waals surface area contributed by atoms with Gasteiger partial charge in [-0.1, -0.05) is 24.3 Å². The molecule has 5 nitrogen and oxygen atoms in total. The average molecular weight is 392 g/mol. The Bertz CT molecular complexity index is 1210. The molecule has 0 bridgehead atoms. The van der Waals surface area contributed by atoms with Crippen molar-refractivity contribution in [1.82, 2.24) is 9.55 Å². The van der Waals surface area contributed by atoms with E-state index in [1.165, 1.54) is 12.1 Å². The van der Waals surface area contributed by atoms with Crippen molar-refractivity contribution in [2.24, 2.45) is 0 Å². The topological polar surface area (TPSA) is 56.2 Å². The highest BCUT2D eigenvalue weighted by Crippen LogP contribution is 2.29. The van der Waals surface area contributed by atoms with E-state index in [9.17, 15) is 9.18 Å². The van der Waals surface area contributed by atoms with Crippen LogP contribution in [0.1, 0.15) is 12.5 Å². The third-order valence-electron chi connectivity index (χ3n) is 4.82. The van der Waals surface area contributed by atoms with Crippen LogP contribution in [0.15, 0.2) is 65.5 Å². The lowest BCUT2D eigenvalue weighted by Gasteiger charge is -2.11. The molecule has 148 valence electrons. The van der Waals surface area contributed by atoms with Gasteiger partial charge in [0.05, 0.1) is 31.3 Å². The van der Waals surface area contributed by atoms with Crippen molar-refractivity contribution in [3.63, 3.8) is 0 Å². The molecule has 4 rings (SSSR count). The molecule has 3 aromatic carbocycles. The number of imidazole rings is 1. The fourth-order valence-electron chi connectivity index (χ4n) is 3.41. The number of hydrogen-bond acceptors (Lipinski definition) is 3. The minimum atomic E-state index is -0.277. The summed E-state index contributed by atoms with van der Waals surface area (Å²) in [5, 5.41) is 0. The molecule has 0 fully saturated rings. The van der Waals surface area contributed by atoms with Crippen LogP contribution in [0.5, 0.6) is 11.5 Å². The number of nitrogens with zero attached hydrogens (tertiary/aromatic N) is 1. The first-order valence-electron chi connectivity index (χ1n) is 9.37. The second kappa shape index (κ2) is 7.83. The third kappa shape index (κ3) is 3.74. The highest BCUT2D eigenvalue weighted by Gasteiger charge is 2.11. The van der Waals surface area contributed by atoms with Crippen LogP contribution in [0.25, 0.3) is 22.2 Å². The lowest BCUT2D eigenvalue weighted by molar-refractivity contribution is 0.310. The Labute approximate surface area is 167 Å². The summed E-state index contributed by atoms with van der Waals surface area (Å²) in [5.41, 5.74) is 4.07. The van der Waals surface area contributed by atoms with Crippen LogP contribution in [0.3, 0.4) is 0 Å². The summed E-state index contributed by atoms with van der Waals surface area (Å²) >= 11 is 0. The quantitative estimate of drug-likeness (QED) is 0.522. The smallest absolute Gasteiger partial charge is 0.326 e. The number of methoxy groups -OCH3 is 1. The Hall–Kier alpha value is -3.54. The first-order valence-corrected chi connectivity index (χ1v) is 9.37. The molecule has 0 aliphatic carbocycles. The van der Waals surface area contributed by atoms with E-state index < -0.39 is 0 Å². The monoisotopic (exact) mass is 392 g/mol. The summed E-state index contributed by atoms with van der Waals surface area (Å²) < 4.78 is 25.8. The molecule has 4 aromatic rings. The van der Waals surface area contributed by atoms with Gasteiger partial charge >= 0.3 is 5.69 Å². The van der Waals surface area contributed by atoms with Gasteiger partial charge in [-0.15, -0.1) is 0 Å². The van der Waals surface area contributed by atoms with Crippen molar-refractivity contribution >= 4 is 11.0 Å². The molecular formula is C23H21FN2O3. The summed E-state index contributed by atoms with van der Waals surface area (Å²) in [6.07, 6.45) is 0. The largest absolute Gasteiger partial charge is 0.493 e. The highest BCUT2D eigenvalue weighted by atomic mass is 19.1. The number of ether oxygens (including phenoxy) is 2.